The summed E-state index contributed by atoms with van der Waals surface area (Å²) < 4.78 is 4.67. The van der Waals surface area contributed by atoms with Crippen molar-refractivity contribution < 1.29 is 14.5 Å². The Labute approximate surface area is 113 Å². The van der Waals surface area contributed by atoms with E-state index in [-0.39, 0.29) is 17.3 Å². The van der Waals surface area contributed by atoms with Gasteiger partial charge in [0.2, 0.25) is 5.82 Å². The Morgan fingerprint density at radius 1 is 1.30 bits per heavy atom. The summed E-state index contributed by atoms with van der Waals surface area (Å²) in [4.78, 5) is 24.8. The summed E-state index contributed by atoms with van der Waals surface area (Å²) >= 11 is 0. The van der Waals surface area contributed by atoms with Crippen molar-refractivity contribution in [3.05, 3.63) is 52.7 Å². The molecule has 0 radical (unpaired) electrons. The van der Waals surface area contributed by atoms with Crippen LogP contribution in [0.4, 0.5) is 22.0 Å². The van der Waals surface area contributed by atoms with Crippen LogP contribution in [0.2, 0.25) is 0 Å². The number of nitrogens with zero attached hydrogens (tertiary/aromatic N) is 2. The number of primary amides is 1. The molecule has 0 atom stereocenters. The minimum Gasteiger partial charge on any atom is -0.411 e. The molecule has 0 saturated heterocycles. The topological polar surface area (TPSA) is 120 Å². The molecule has 8 nitrogen and oxygen atoms in total. The van der Waals surface area contributed by atoms with Crippen molar-refractivity contribution in [3.63, 3.8) is 0 Å². The van der Waals surface area contributed by atoms with Crippen molar-refractivity contribution in [1.29, 1.82) is 0 Å². The molecule has 0 saturated carbocycles. The second-order valence-corrected chi connectivity index (χ2v) is 3.70. The summed E-state index contributed by atoms with van der Waals surface area (Å²) in [6.45, 7) is 0. The number of hydrogen-bond acceptors (Lipinski definition) is 6. The zero-order valence-corrected chi connectivity index (χ0v) is 10.1. The molecule has 0 spiro atoms. The van der Waals surface area contributed by atoms with E-state index in [2.05, 4.69) is 15.0 Å². The van der Waals surface area contributed by atoms with Gasteiger partial charge in [-0.15, -0.1) is 0 Å². The lowest BCUT2D eigenvalue weighted by Gasteiger charge is -2.06. The second-order valence-electron chi connectivity index (χ2n) is 3.70. The molecule has 1 aromatic heterocycles. The third kappa shape index (κ3) is 3.19. The van der Waals surface area contributed by atoms with Gasteiger partial charge in [0.25, 0.3) is 0 Å². The number of amides is 1. The molecule has 0 bridgehead atoms. The number of pyridine rings is 1. The highest BCUT2D eigenvalue weighted by Crippen LogP contribution is 2.25. The Morgan fingerprint density at radius 3 is 2.60 bits per heavy atom. The van der Waals surface area contributed by atoms with Crippen LogP contribution in [0.5, 0.6) is 5.75 Å². The number of carbonyl (C=O) groups excluding carboxylic acids is 1. The maximum Gasteiger partial charge on any atom is 0.409 e. The van der Waals surface area contributed by atoms with Crippen molar-refractivity contribution in [1.82, 2.24) is 4.98 Å². The number of ether oxygens (including phenoxy) is 1. The summed E-state index contributed by atoms with van der Waals surface area (Å²) in [5.74, 6) is 0.402. The van der Waals surface area contributed by atoms with Crippen LogP contribution >= 0.6 is 0 Å². The van der Waals surface area contributed by atoms with Gasteiger partial charge in [0.05, 0.1) is 4.92 Å². The Bertz CT molecular complexity index is 642. The highest BCUT2D eigenvalue weighted by molar-refractivity contribution is 5.69. The van der Waals surface area contributed by atoms with E-state index in [1.54, 1.807) is 12.1 Å². The van der Waals surface area contributed by atoms with Gasteiger partial charge < -0.3 is 15.8 Å². The fraction of sp³-hybridized carbons (Fsp3) is 0. The third-order valence-corrected chi connectivity index (χ3v) is 2.32. The van der Waals surface area contributed by atoms with Crippen LogP contribution in [-0.2, 0) is 0 Å². The first-order valence-electron chi connectivity index (χ1n) is 5.50. The van der Waals surface area contributed by atoms with E-state index in [1.807, 2.05) is 0 Å². The summed E-state index contributed by atoms with van der Waals surface area (Å²) in [6, 6.07) is 8.99. The SMILES string of the molecule is NC(=O)Oc1ccc(Nc2ncccc2[N+](=O)[O-])cc1. The lowest BCUT2D eigenvalue weighted by Crippen LogP contribution is -2.16. The number of anilines is 2. The molecule has 0 unspecified atom stereocenters. The fourth-order valence-electron chi connectivity index (χ4n) is 1.50. The molecule has 1 aromatic carbocycles. The van der Waals surface area contributed by atoms with E-state index in [0.717, 1.165) is 0 Å². The molecule has 8 heteroatoms. The molecule has 2 rings (SSSR count). The number of carbonyl (C=O) groups is 1. The highest BCUT2D eigenvalue weighted by atomic mass is 16.6. The Morgan fingerprint density at radius 2 is 2.00 bits per heavy atom. The normalized spacial score (nSPS) is 9.80. The lowest BCUT2D eigenvalue weighted by atomic mass is 10.3. The molecule has 1 amide bonds. The van der Waals surface area contributed by atoms with Gasteiger partial charge in [0.15, 0.2) is 0 Å². The standard InChI is InChI=1S/C12H10N4O4/c13-12(17)20-9-5-3-8(4-6-9)15-11-10(16(18)19)2-1-7-14-11/h1-7H,(H2,13,17)(H,14,15). The number of nitrogens with one attached hydrogen (secondary N) is 1. The minimum atomic E-state index is -0.911. The van der Waals surface area contributed by atoms with Gasteiger partial charge in [-0.1, -0.05) is 0 Å². The summed E-state index contributed by atoms with van der Waals surface area (Å²) in [5.41, 5.74) is 5.30. The maximum absolute atomic E-state index is 10.8. The molecular weight excluding hydrogens is 264 g/mol. The second kappa shape index (κ2) is 5.65. The van der Waals surface area contributed by atoms with Gasteiger partial charge in [0.1, 0.15) is 5.75 Å². The van der Waals surface area contributed by atoms with Crippen molar-refractivity contribution >= 4 is 23.3 Å². The zero-order chi connectivity index (χ0) is 14.5. The summed E-state index contributed by atoms with van der Waals surface area (Å²) in [6.07, 6.45) is 0.533. The molecule has 1 heterocycles. The maximum atomic E-state index is 10.8. The molecule has 3 N–H and O–H groups in total. The summed E-state index contributed by atoms with van der Waals surface area (Å²) in [7, 11) is 0. The van der Waals surface area contributed by atoms with Gasteiger partial charge >= 0.3 is 11.8 Å². The fourth-order valence-corrected chi connectivity index (χ4v) is 1.50. The number of benzene rings is 1. The minimum absolute atomic E-state index is 0.126. The number of nitro groups is 1. The smallest absolute Gasteiger partial charge is 0.409 e. The Balaban J connectivity index is 2.18. The van der Waals surface area contributed by atoms with Gasteiger partial charge in [-0.25, -0.2) is 9.78 Å². The average molecular weight is 274 g/mol. The lowest BCUT2D eigenvalue weighted by molar-refractivity contribution is -0.384. The first-order valence-corrected chi connectivity index (χ1v) is 5.50. The quantitative estimate of drug-likeness (QED) is 0.651. The number of nitrogens with two attached hydrogens (primary N) is 1. The molecule has 0 aliphatic heterocycles. The van der Waals surface area contributed by atoms with E-state index in [4.69, 9.17) is 5.73 Å². The van der Waals surface area contributed by atoms with E-state index in [9.17, 15) is 14.9 Å². The molecule has 2 aromatic rings. The monoisotopic (exact) mass is 274 g/mol. The van der Waals surface area contributed by atoms with Crippen LogP contribution in [0.3, 0.4) is 0 Å². The van der Waals surface area contributed by atoms with Crippen LogP contribution in [-0.4, -0.2) is 16.0 Å². The van der Waals surface area contributed by atoms with E-state index in [1.165, 1.54) is 30.5 Å². The molecule has 0 aliphatic rings. The van der Waals surface area contributed by atoms with E-state index < -0.39 is 11.0 Å². The molecular formula is C12H10N4O4. The van der Waals surface area contributed by atoms with E-state index >= 15 is 0 Å². The van der Waals surface area contributed by atoms with Crippen LogP contribution in [0.25, 0.3) is 0 Å². The Hall–Kier alpha value is -3.16. The first kappa shape index (κ1) is 13.3. The number of rotatable bonds is 4. The van der Waals surface area contributed by atoms with Gasteiger partial charge in [0, 0.05) is 18.0 Å². The zero-order valence-electron chi connectivity index (χ0n) is 10.1. The van der Waals surface area contributed by atoms with Gasteiger partial charge in [-0.3, -0.25) is 10.1 Å². The van der Waals surface area contributed by atoms with Crippen molar-refractivity contribution in [2.75, 3.05) is 5.32 Å². The average Bonchev–Trinajstić information content (AvgIpc) is 2.41. The largest absolute Gasteiger partial charge is 0.411 e. The van der Waals surface area contributed by atoms with Crippen LogP contribution in [0, 0.1) is 10.1 Å². The highest BCUT2D eigenvalue weighted by Gasteiger charge is 2.13. The van der Waals surface area contributed by atoms with Gasteiger partial charge in [-0.05, 0) is 30.3 Å². The van der Waals surface area contributed by atoms with Gasteiger partial charge in [-0.2, -0.15) is 0 Å². The molecule has 102 valence electrons. The van der Waals surface area contributed by atoms with E-state index in [0.29, 0.717) is 5.69 Å². The van der Waals surface area contributed by atoms with Crippen molar-refractivity contribution in [3.8, 4) is 5.75 Å². The summed E-state index contributed by atoms with van der Waals surface area (Å²) in [5, 5.41) is 13.7. The molecule has 20 heavy (non-hydrogen) atoms. The predicted molar refractivity (Wildman–Crippen MR) is 70.8 cm³/mol. The van der Waals surface area contributed by atoms with Crippen molar-refractivity contribution in [2.45, 2.75) is 0 Å². The first-order chi connectivity index (χ1) is 9.56. The Kier molecular flexibility index (Phi) is 3.75. The number of hydrogen-bond donors (Lipinski definition) is 2. The van der Waals surface area contributed by atoms with Crippen LogP contribution in [0.1, 0.15) is 0 Å². The van der Waals surface area contributed by atoms with Crippen LogP contribution in [0.15, 0.2) is 42.6 Å². The van der Waals surface area contributed by atoms with Crippen molar-refractivity contribution in [2.24, 2.45) is 5.73 Å². The van der Waals surface area contributed by atoms with Crippen LogP contribution < -0.4 is 15.8 Å². The molecule has 0 fully saturated rings. The number of aromatic nitrogens is 1. The third-order valence-electron chi connectivity index (χ3n) is 2.32. The molecule has 0 aliphatic carbocycles. The predicted octanol–water partition coefficient (Wildman–Crippen LogP) is 2.19.